The van der Waals surface area contributed by atoms with Gasteiger partial charge in [0.2, 0.25) is 17.7 Å². The maximum absolute atomic E-state index is 12.1. The molecular formula is C17H34N6O5. The monoisotopic (exact) mass is 402 g/mol. The van der Waals surface area contributed by atoms with Crippen molar-refractivity contribution in [3.05, 3.63) is 0 Å². The first-order valence-corrected chi connectivity index (χ1v) is 9.34. The Balaban J connectivity index is 4.35. The number of amides is 3. The Morgan fingerprint density at radius 3 is 2.07 bits per heavy atom. The third-order valence-corrected chi connectivity index (χ3v) is 3.80. The number of rotatable bonds is 15. The number of hydrogen-bond acceptors (Lipinski definition) is 7. The molecule has 28 heavy (non-hydrogen) atoms. The van der Waals surface area contributed by atoms with E-state index < -0.39 is 42.2 Å². The van der Waals surface area contributed by atoms with Crippen LogP contribution in [0.2, 0.25) is 0 Å². The molecule has 0 saturated heterocycles. The molecule has 0 heterocycles. The number of unbranched alkanes of at least 4 members (excludes halogenated alkanes) is 1. The smallest absolute Gasteiger partial charge is 0.326 e. The summed E-state index contributed by atoms with van der Waals surface area (Å²) in [6.45, 7) is 2.14. The fourth-order valence-corrected chi connectivity index (χ4v) is 2.22. The number of aliphatic carboxylic acids is 1. The molecule has 0 aromatic carbocycles. The van der Waals surface area contributed by atoms with Crippen molar-refractivity contribution in [2.75, 3.05) is 40.3 Å². The Bertz CT molecular complexity index is 514. The van der Waals surface area contributed by atoms with Crippen LogP contribution >= 0.6 is 0 Å². The summed E-state index contributed by atoms with van der Waals surface area (Å²) in [5, 5.41) is 16.6. The normalized spacial score (nSPS) is 12.9. The summed E-state index contributed by atoms with van der Waals surface area (Å²) in [5.41, 5.74) is 11.0. The summed E-state index contributed by atoms with van der Waals surface area (Å²) in [7, 11) is 3.81. The van der Waals surface area contributed by atoms with Gasteiger partial charge in [-0.2, -0.15) is 0 Å². The number of carbonyl (C=O) groups is 4. The lowest BCUT2D eigenvalue weighted by Crippen LogP contribution is -2.51. The van der Waals surface area contributed by atoms with Gasteiger partial charge < -0.3 is 37.4 Å². The molecule has 0 spiro atoms. The van der Waals surface area contributed by atoms with Gasteiger partial charge in [-0.3, -0.25) is 14.4 Å². The first kappa shape index (κ1) is 25.8. The minimum Gasteiger partial charge on any atom is -0.480 e. The van der Waals surface area contributed by atoms with Crippen molar-refractivity contribution >= 4 is 23.7 Å². The molecule has 2 atom stereocenters. The summed E-state index contributed by atoms with van der Waals surface area (Å²) >= 11 is 0. The fraction of sp³-hybridized carbons (Fsp3) is 0.765. The Morgan fingerprint density at radius 2 is 1.54 bits per heavy atom. The van der Waals surface area contributed by atoms with Crippen molar-refractivity contribution < 1.29 is 24.3 Å². The minimum absolute atomic E-state index is 0.280. The third-order valence-electron chi connectivity index (χ3n) is 3.80. The molecule has 3 amide bonds. The van der Waals surface area contributed by atoms with Crippen LogP contribution in [-0.4, -0.2) is 86.1 Å². The van der Waals surface area contributed by atoms with Crippen molar-refractivity contribution in [3.8, 4) is 0 Å². The quantitative estimate of drug-likeness (QED) is 0.164. The highest BCUT2D eigenvalue weighted by Crippen LogP contribution is 1.97. The zero-order valence-corrected chi connectivity index (χ0v) is 16.7. The van der Waals surface area contributed by atoms with E-state index in [2.05, 4.69) is 16.0 Å². The topological polar surface area (TPSA) is 180 Å². The zero-order valence-electron chi connectivity index (χ0n) is 16.7. The number of nitrogens with two attached hydrogens (primary N) is 2. The summed E-state index contributed by atoms with van der Waals surface area (Å²) in [4.78, 5) is 48.9. The van der Waals surface area contributed by atoms with Gasteiger partial charge in [0.25, 0.3) is 0 Å². The van der Waals surface area contributed by atoms with Crippen molar-refractivity contribution in [2.45, 2.75) is 44.2 Å². The van der Waals surface area contributed by atoms with Crippen LogP contribution in [-0.2, 0) is 19.2 Å². The fourth-order valence-electron chi connectivity index (χ4n) is 2.22. The average Bonchev–Trinajstić information content (AvgIpc) is 2.61. The van der Waals surface area contributed by atoms with Crippen molar-refractivity contribution in [1.29, 1.82) is 0 Å². The van der Waals surface area contributed by atoms with E-state index in [0.29, 0.717) is 32.5 Å². The first-order chi connectivity index (χ1) is 13.2. The molecule has 0 aliphatic carbocycles. The molecule has 11 nitrogen and oxygen atoms in total. The van der Waals surface area contributed by atoms with Crippen molar-refractivity contribution in [3.63, 3.8) is 0 Å². The molecule has 0 bridgehead atoms. The van der Waals surface area contributed by atoms with Crippen LogP contribution in [0.4, 0.5) is 0 Å². The number of carboxylic acids is 1. The summed E-state index contributed by atoms with van der Waals surface area (Å²) in [6.07, 6.45) is 1.51. The van der Waals surface area contributed by atoms with E-state index >= 15 is 0 Å². The molecule has 0 fully saturated rings. The second-order valence-electron chi connectivity index (χ2n) is 6.77. The zero-order chi connectivity index (χ0) is 21.5. The van der Waals surface area contributed by atoms with Crippen LogP contribution < -0.4 is 27.4 Å². The van der Waals surface area contributed by atoms with Crippen molar-refractivity contribution in [2.24, 2.45) is 11.5 Å². The molecule has 11 heteroatoms. The highest BCUT2D eigenvalue weighted by Gasteiger charge is 2.26. The molecule has 0 rings (SSSR count). The maximum Gasteiger partial charge on any atom is 0.326 e. The Labute approximate surface area is 165 Å². The van der Waals surface area contributed by atoms with E-state index in [9.17, 15) is 24.3 Å². The number of nitrogens with one attached hydrogen (secondary N) is 3. The van der Waals surface area contributed by atoms with E-state index in [1.807, 2.05) is 19.0 Å². The predicted octanol–water partition coefficient (Wildman–Crippen LogP) is -2.41. The molecular weight excluding hydrogens is 368 g/mol. The largest absolute Gasteiger partial charge is 0.480 e. The predicted molar refractivity (Wildman–Crippen MR) is 104 cm³/mol. The SMILES string of the molecule is CN(C)CCCNC(=O)C[C@H](NC(=O)[C@@H](N)CC(=O)NCCCCN)C(=O)O. The van der Waals surface area contributed by atoms with E-state index in [1.165, 1.54) is 0 Å². The molecule has 0 aromatic heterocycles. The van der Waals surface area contributed by atoms with Gasteiger partial charge in [0, 0.05) is 13.1 Å². The number of nitrogens with zero attached hydrogens (tertiary/aromatic N) is 1. The van der Waals surface area contributed by atoms with Gasteiger partial charge in [0.05, 0.1) is 18.9 Å². The molecule has 0 aliphatic rings. The molecule has 0 radical (unpaired) electrons. The lowest BCUT2D eigenvalue weighted by atomic mass is 10.1. The van der Waals surface area contributed by atoms with E-state index in [-0.39, 0.29) is 6.42 Å². The molecule has 0 unspecified atom stereocenters. The number of carboxylic acid groups (broad SMARTS) is 1. The molecule has 0 aliphatic heterocycles. The van der Waals surface area contributed by atoms with Crippen LogP contribution in [0.5, 0.6) is 0 Å². The first-order valence-electron chi connectivity index (χ1n) is 9.34. The van der Waals surface area contributed by atoms with E-state index in [1.54, 1.807) is 0 Å². The van der Waals surface area contributed by atoms with Gasteiger partial charge in [-0.05, 0) is 46.4 Å². The van der Waals surface area contributed by atoms with Gasteiger partial charge >= 0.3 is 5.97 Å². The summed E-state index contributed by atoms with van der Waals surface area (Å²) < 4.78 is 0. The highest BCUT2D eigenvalue weighted by atomic mass is 16.4. The molecule has 8 N–H and O–H groups in total. The van der Waals surface area contributed by atoms with Gasteiger partial charge in [0.15, 0.2) is 0 Å². The Kier molecular flexibility index (Phi) is 13.6. The van der Waals surface area contributed by atoms with E-state index in [4.69, 9.17) is 11.5 Å². The van der Waals surface area contributed by atoms with Gasteiger partial charge in [0.1, 0.15) is 6.04 Å². The van der Waals surface area contributed by atoms with Gasteiger partial charge in [-0.15, -0.1) is 0 Å². The average molecular weight is 402 g/mol. The third kappa shape index (κ3) is 13.0. The number of hydrogen-bond donors (Lipinski definition) is 6. The van der Waals surface area contributed by atoms with Crippen LogP contribution in [0.15, 0.2) is 0 Å². The summed E-state index contributed by atoms with van der Waals surface area (Å²) in [6, 6.07) is -2.63. The van der Waals surface area contributed by atoms with E-state index in [0.717, 1.165) is 13.0 Å². The lowest BCUT2D eigenvalue weighted by Gasteiger charge is -2.18. The standard InChI is InChI=1S/C17H34N6O5/c1-23(2)9-5-8-21-15(25)11-13(17(27)28)22-16(26)12(19)10-14(24)20-7-4-3-6-18/h12-13H,3-11,18-19H2,1-2H3,(H,20,24)(H,21,25)(H,22,26)(H,27,28)/t12-,13-/m0/s1. The Morgan fingerprint density at radius 1 is 0.964 bits per heavy atom. The van der Waals surface area contributed by atoms with Crippen LogP contribution in [0.3, 0.4) is 0 Å². The van der Waals surface area contributed by atoms with Crippen LogP contribution in [0.1, 0.15) is 32.1 Å². The van der Waals surface area contributed by atoms with Crippen LogP contribution in [0.25, 0.3) is 0 Å². The molecule has 0 saturated carbocycles. The maximum atomic E-state index is 12.1. The van der Waals surface area contributed by atoms with Gasteiger partial charge in [-0.1, -0.05) is 0 Å². The summed E-state index contributed by atoms with van der Waals surface area (Å²) in [5.74, 6) is -3.05. The van der Waals surface area contributed by atoms with Crippen LogP contribution in [0, 0.1) is 0 Å². The second-order valence-corrected chi connectivity index (χ2v) is 6.77. The highest BCUT2D eigenvalue weighted by molar-refractivity contribution is 5.92. The molecule has 0 aromatic rings. The van der Waals surface area contributed by atoms with Crippen molar-refractivity contribution in [1.82, 2.24) is 20.9 Å². The Hall–Kier alpha value is -2.24. The lowest BCUT2D eigenvalue weighted by molar-refractivity contribution is -0.143. The second kappa shape index (κ2) is 14.8. The molecule has 162 valence electrons. The minimum atomic E-state index is -1.42. The number of carbonyl (C=O) groups excluding carboxylic acids is 3. The van der Waals surface area contributed by atoms with Gasteiger partial charge in [-0.25, -0.2) is 4.79 Å².